The number of hydrogen-bond acceptors (Lipinski definition) is 7. The van der Waals surface area contributed by atoms with Crippen LogP contribution in [0.2, 0.25) is 0 Å². The van der Waals surface area contributed by atoms with Gasteiger partial charge >= 0.3 is 12.3 Å². The molecular weight excluding hydrogens is 467 g/mol. The first-order valence-corrected chi connectivity index (χ1v) is 11.7. The molecule has 186 valence electrons. The van der Waals surface area contributed by atoms with Gasteiger partial charge in [0, 0.05) is 31.9 Å². The summed E-state index contributed by atoms with van der Waals surface area (Å²) < 4.78 is 70.4. The Morgan fingerprint density at radius 1 is 1.18 bits per heavy atom. The highest BCUT2D eigenvalue weighted by atomic mass is 32.2. The van der Waals surface area contributed by atoms with Crippen molar-refractivity contribution in [3.8, 4) is 5.75 Å². The van der Waals surface area contributed by atoms with E-state index in [0.717, 1.165) is 12.1 Å². The Hall–Kier alpha value is -2.35. The second kappa shape index (κ2) is 11.7. The Morgan fingerprint density at radius 2 is 1.73 bits per heavy atom. The molecule has 1 aromatic carbocycles. The van der Waals surface area contributed by atoms with Crippen LogP contribution in [-0.2, 0) is 19.6 Å². The Balaban J connectivity index is 0.000000273. The summed E-state index contributed by atoms with van der Waals surface area (Å²) in [6.07, 6.45) is -2.47. The summed E-state index contributed by atoms with van der Waals surface area (Å²) in [5.41, 5.74) is 5.65. The number of carboxylic acid groups (broad SMARTS) is 1. The largest absolute Gasteiger partial charge is 0.573 e. The van der Waals surface area contributed by atoms with Crippen molar-refractivity contribution < 1.29 is 41.0 Å². The number of aliphatic carboxylic acids is 1. The smallest absolute Gasteiger partial charge is 0.481 e. The molecule has 2 heterocycles. The molecule has 0 aliphatic carbocycles. The molecule has 2 aliphatic rings. The zero-order valence-electron chi connectivity index (χ0n) is 17.9. The van der Waals surface area contributed by atoms with E-state index in [1.54, 1.807) is 0 Å². The maximum atomic E-state index is 12.7. The van der Waals surface area contributed by atoms with E-state index in [2.05, 4.69) is 11.3 Å². The second-order valence-electron chi connectivity index (χ2n) is 7.45. The maximum absolute atomic E-state index is 12.7. The lowest BCUT2D eigenvalue weighted by Crippen LogP contribution is -2.52. The summed E-state index contributed by atoms with van der Waals surface area (Å²) in [5, 5.41) is 8.22. The number of morpholine rings is 1. The van der Waals surface area contributed by atoms with Crippen LogP contribution in [0.5, 0.6) is 5.75 Å². The molecule has 0 amide bonds. The van der Waals surface area contributed by atoms with Crippen LogP contribution in [0.4, 0.5) is 18.9 Å². The van der Waals surface area contributed by atoms with Gasteiger partial charge in [-0.1, -0.05) is 6.08 Å². The minimum absolute atomic E-state index is 0.258. The number of piperidine rings is 1. The van der Waals surface area contributed by atoms with Gasteiger partial charge in [0.15, 0.2) is 0 Å². The fourth-order valence-electron chi connectivity index (χ4n) is 3.47. The predicted octanol–water partition coefficient (Wildman–Crippen LogP) is 2.12. The first-order valence-electron chi connectivity index (χ1n) is 10.2. The predicted molar refractivity (Wildman–Crippen MR) is 115 cm³/mol. The monoisotopic (exact) mass is 495 g/mol. The lowest BCUT2D eigenvalue weighted by molar-refractivity contribution is -0.274. The van der Waals surface area contributed by atoms with Gasteiger partial charge in [0.25, 0.3) is 0 Å². The number of alkyl halides is 3. The number of carbonyl (C=O) groups is 1. The Kier molecular flexibility index (Phi) is 9.52. The van der Waals surface area contributed by atoms with Crippen LogP contribution >= 0.6 is 0 Å². The number of benzene rings is 1. The highest BCUT2D eigenvalue weighted by Gasteiger charge is 2.38. The molecular formula is C20H28F3N3O6S. The molecule has 0 bridgehead atoms. The van der Waals surface area contributed by atoms with Gasteiger partial charge in [0.1, 0.15) is 11.1 Å². The van der Waals surface area contributed by atoms with E-state index >= 15 is 0 Å². The SMILES string of the molecule is C=CC(N1CCOCC1)S(=O)(=O)N1CCC(C(=O)O)CC1.Nc1ccc(OC(F)(F)F)cc1. The van der Waals surface area contributed by atoms with Crippen molar-refractivity contribution in [2.24, 2.45) is 5.92 Å². The van der Waals surface area contributed by atoms with Gasteiger partial charge in [0.2, 0.25) is 10.0 Å². The molecule has 1 atom stereocenters. The number of rotatable bonds is 6. The van der Waals surface area contributed by atoms with Crippen LogP contribution in [-0.4, -0.2) is 79.8 Å². The third kappa shape index (κ3) is 8.18. The first-order chi connectivity index (χ1) is 15.4. The van der Waals surface area contributed by atoms with Crippen molar-refractivity contribution in [1.29, 1.82) is 0 Å². The van der Waals surface area contributed by atoms with E-state index in [1.807, 2.05) is 4.90 Å². The van der Waals surface area contributed by atoms with Gasteiger partial charge in [-0.2, -0.15) is 0 Å². The van der Waals surface area contributed by atoms with Crippen LogP contribution < -0.4 is 10.5 Å². The number of carboxylic acids is 1. The van der Waals surface area contributed by atoms with Crippen LogP contribution in [0.3, 0.4) is 0 Å². The van der Waals surface area contributed by atoms with Crippen molar-refractivity contribution >= 4 is 21.7 Å². The van der Waals surface area contributed by atoms with Crippen LogP contribution in [0.15, 0.2) is 36.9 Å². The number of ether oxygens (including phenoxy) is 2. The lowest BCUT2D eigenvalue weighted by Gasteiger charge is -2.37. The molecule has 9 nitrogen and oxygen atoms in total. The Bertz CT molecular complexity index is 881. The van der Waals surface area contributed by atoms with Crippen molar-refractivity contribution in [1.82, 2.24) is 9.21 Å². The highest BCUT2D eigenvalue weighted by molar-refractivity contribution is 7.89. The van der Waals surface area contributed by atoms with Gasteiger partial charge in [-0.05, 0) is 37.1 Å². The number of nitrogen functional groups attached to an aromatic ring is 1. The Morgan fingerprint density at radius 3 is 2.18 bits per heavy atom. The molecule has 0 radical (unpaired) electrons. The molecule has 2 aliphatic heterocycles. The number of nitrogens with two attached hydrogens (primary N) is 1. The number of hydrogen-bond donors (Lipinski definition) is 2. The number of halogens is 3. The first kappa shape index (κ1) is 26.9. The zero-order valence-corrected chi connectivity index (χ0v) is 18.7. The summed E-state index contributed by atoms with van der Waals surface area (Å²) >= 11 is 0. The minimum atomic E-state index is -4.64. The van der Waals surface area contributed by atoms with Gasteiger partial charge < -0.3 is 20.3 Å². The maximum Gasteiger partial charge on any atom is 0.573 e. The molecule has 0 aromatic heterocycles. The molecule has 2 fully saturated rings. The molecule has 33 heavy (non-hydrogen) atoms. The molecule has 1 aromatic rings. The summed E-state index contributed by atoms with van der Waals surface area (Å²) in [4.78, 5) is 12.8. The van der Waals surface area contributed by atoms with Gasteiger partial charge in [-0.3, -0.25) is 9.69 Å². The summed E-state index contributed by atoms with van der Waals surface area (Å²) in [6.45, 7) is 6.32. The fourth-order valence-corrected chi connectivity index (χ4v) is 5.33. The van der Waals surface area contributed by atoms with Crippen molar-refractivity contribution in [3.05, 3.63) is 36.9 Å². The van der Waals surface area contributed by atoms with E-state index in [4.69, 9.17) is 15.6 Å². The van der Waals surface area contributed by atoms with E-state index in [9.17, 15) is 26.4 Å². The molecule has 0 spiro atoms. The van der Waals surface area contributed by atoms with Crippen molar-refractivity contribution in [2.45, 2.75) is 24.6 Å². The summed E-state index contributed by atoms with van der Waals surface area (Å²) in [7, 11) is -3.53. The minimum Gasteiger partial charge on any atom is -0.481 e. The molecule has 13 heteroatoms. The van der Waals surface area contributed by atoms with E-state index in [0.29, 0.717) is 44.8 Å². The normalized spacial score (nSPS) is 19.7. The van der Waals surface area contributed by atoms with Crippen molar-refractivity contribution in [3.63, 3.8) is 0 Å². The number of sulfonamides is 1. The molecule has 1 unspecified atom stereocenters. The average Bonchev–Trinajstić information content (AvgIpc) is 2.76. The topological polar surface area (TPSA) is 122 Å². The van der Waals surface area contributed by atoms with Crippen LogP contribution in [0.1, 0.15) is 12.8 Å². The fraction of sp³-hybridized carbons (Fsp3) is 0.550. The standard InChI is InChI=1S/C13H22N2O5S.C7H6F3NO/c1-2-12(14-7-9-20-10-8-14)21(18,19)15-5-3-11(4-6-15)13(16)17;8-7(9,10)12-6-3-1-5(11)2-4-6/h2,11-12H,1,3-10H2,(H,16,17);1-4H,11H2. The van der Waals surface area contributed by atoms with Crippen molar-refractivity contribution in [2.75, 3.05) is 45.1 Å². The average molecular weight is 496 g/mol. The van der Waals surface area contributed by atoms with E-state index in [-0.39, 0.29) is 18.8 Å². The highest BCUT2D eigenvalue weighted by Crippen LogP contribution is 2.24. The Labute approximate surface area is 190 Å². The third-order valence-electron chi connectivity index (χ3n) is 5.19. The van der Waals surface area contributed by atoms with Gasteiger partial charge in [0.05, 0.1) is 19.1 Å². The molecule has 3 N–H and O–H groups in total. The second-order valence-corrected chi connectivity index (χ2v) is 9.48. The molecule has 3 rings (SSSR count). The summed E-state index contributed by atoms with van der Waals surface area (Å²) in [6, 6.07) is 4.98. The van der Waals surface area contributed by atoms with Crippen LogP contribution in [0, 0.1) is 5.92 Å². The van der Waals surface area contributed by atoms with E-state index < -0.39 is 33.6 Å². The van der Waals surface area contributed by atoms with Gasteiger partial charge in [-0.25, -0.2) is 12.7 Å². The van der Waals surface area contributed by atoms with Gasteiger partial charge in [-0.15, -0.1) is 19.8 Å². The zero-order chi connectivity index (χ0) is 24.6. The number of anilines is 1. The lowest BCUT2D eigenvalue weighted by atomic mass is 9.99. The van der Waals surface area contributed by atoms with Crippen LogP contribution in [0.25, 0.3) is 0 Å². The number of nitrogens with zero attached hydrogens (tertiary/aromatic N) is 2. The third-order valence-corrected chi connectivity index (χ3v) is 7.37. The summed E-state index contributed by atoms with van der Waals surface area (Å²) in [5.74, 6) is -1.56. The van der Waals surface area contributed by atoms with E-state index in [1.165, 1.54) is 22.5 Å². The quantitative estimate of drug-likeness (QED) is 0.455. The molecule has 0 saturated carbocycles. The molecule has 2 saturated heterocycles.